The normalized spacial score (nSPS) is 12.4. The number of hydrogen-bond acceptors (Lipinski definition) is 2. The first-order chi connectivity index (χ1) is 7.77. The monoisotopic (exact) mass is 221 g/mol. The summed E-state index contributed by atoms with van der Waals surface area (Å²) in [6.07, 6.45) is 4.49. The van der Waals surface area contributed by atoms with Crippen LogP contribution >= 0.6 is 0 Å². The maximum atomic E-state index is 6.09. The molecule has 0 aliphatic rings. The van der Waals surface area contributed by atoms with Crippen LogP contribution in [-0.4, -0.2) is 6.61 Å². The van der Waals surface area contributed by atoms with Gasteiger partial charge < -0.3 is 10.5 Å². The first-order valence-electron chi connectivity index (χ1n) is 6.26. The average molecular weight is 221 g/mol. The molecule has 0 bridgehead atoms. The van der Waals surface area contributed by atoms with Crippen molar-refractivity contribution in [3.63, 3.8) is 0 Å². The molecule has 0 spiro atoms. The van der Waals surface area contributed by atoms with E-state index in [1.54, 1.807) is 0 Å². The Morgan fingerprint density at radius 3 is 2.38 bits per heavy atom. The highest BCUT2D eigenvalue weighted by Crippen LogP contribution is 2.20. The molecule has 0 heterocycles. The zero-order chi connectivity index (χ0) is 11.8. The van der Waals surface area contributed by atoms with Gasteiger partial charge in [-0.05, 0) is 30.5 Å². The lowest BCUT2D eigenvalue weighted by molar-refractivity contribution is 0.317. The minimum absolute atomic E-state index is 0.167. The van der Waals surface area contributed by atoms with Crippen molar-refractivity contribution in [3.8, 4) is 5.75 Å². The summed E-state index contributed by atoms with van der Waals surface area (Å²) in [6, 6.07) is 8.34. The standard InChI is InChI=1S/C14H23NO/c1-3-5-6-14(15)12-7-9-13(10-8-12)16-11-4-2/h7-10,14H,3-6,11,15H2,1-2H3. The largest absolute Gasteiger partial charge is 0.494 e. The molecule has 1 rings (SSSR count). The molecule has 2 heteroatoms. The predicted octanol–water partition coefficient (Wildman–Crippen LogP) is 3.67. The molecule has 1 aromatic rings. The van der Waals surface area contributed by atoms with Gasteiger partial charge in [0.1, 0.15) is 5.75 Å². The molecule has 0 saturated heterocycles. The summed E-state index contributed by atoms with van der Waals surface area (Å²) in [5.74, 6) is 0.938. The minimum Gasteiger partial charge on any atom is -0.494 e. The molecule has 1 atom stereocenters. The van der Waals surface area contributed by atoms with Crippen LogP contribution in [0.1, 0.15) is 51.1 Å². The van der Waals surface area contributed by atoms with Crippen LogP contribution in [0.2, 0.25) is 0 Å². The summed E-state index contributed by atoms with van der Waals surface area (Å²) < 4.78 is 5.53. The summed E-state index contributed by atoms with van der Waals surface area (Å²) in [7, 11) is 0. The fourth-order valence-electron chi connectivity index (χ4n) is 1.62. The van der Waals surface area contributed by atoms with Crippen molar-refractivity contribution < 1.29 is 4.74 Å². The van der Waals surface area contributed by atoms with E-state index >= 15 is 0 Å². The molecule has 1 aromatic carbocycles. The van der Waals surface area contributed by atoms with Crippen molar-refractivity contribution in [3.05, 3.63) is 29.8 Å². The van der Waals surface area contributed by atoms with Gasteiger partial charge in [-0.15, -0.1) is 0 Å². The van der Waals surface area contributed by atoms with E-state index in [9.17, 15) is 0 Å². The Hall–Kier alpha value is -1.02. The molecular formula is C14H23NO. The lowest BCUT2D eigenvalue weighted by Gasteiger charge is -2.12. The van der Waals surface area contributed by atoms with E-state index in [1.807, 2.05) is 12.1 Å². The van der Waals surface area contributed by atoms with E-state index < -0.39 is 0 Å². The third-order valence-corrected chi connectivity index (χ3v) is 2.65. The number of ether oxygens (including phenoxy) is 1. The van der Waals surface area contributed by atoms with Crippen LogP contribution in [0.25, 0.3) is 0 Å². The Kier molecular flexibility index (Phi) is 5.94. The SMILES string of the molecule is CCCCC(N)c1ccc(OCCC)cc1. The minimum atomic E-state index is 0.167. The molecule has 2 nitrogen and oxygen atoms in total. The molecule has 0 saturated carbocycles. The second kappa shape index (κ2) is 7.29. The van der Waals surface area contributed by atoms with E-state index in [-0.39, 0.29) is 6.04 Å². The molecule has 0 aromatic heterocycles. The third kappa shape index (κ3) is 4.23. The molecule has 90 valence electrons. The smallest absolute Gasteiger partial charge is 0.119 e. The average Bonchev–Trinajstić information content (AvgIpc) is 2.34. The maximum Gasteiger partial charge on any atom is 0.119 e. The molecule has 0 radical (unpaired) electrons. The molecular weight excluding hydrogens is 198 g/mol. The van der Waals surface area contributed by atoms with Gasteiger partial charge in [-0.25, -0.2) is 0 Å². The Labute approximate surface area is 98.8 Å². The topological polar surface area (TPSA) is 35.2 Å². The fraction of sp³-hybridized carbons (Fsp3) is 0.571. The number of rotatable bonds is 7. The second-order valence-corrected chi connectivity index (χ2v) is 4.17. The van der Waals surface area contributed by atoms with Crippen LogP contribution in [0.3, 0.4) is 0 Å². The van der Waals surface area contributed by atoms with Gasteiger partial charge in [-0.2, -0.15) is 0 Å². The second-order valence-electron chi connectivity index (χ2n) is 4.17. The van der Waals surface area contributed by atoms with Crippen LogP contribution in [0.5, 0.6) is 5.75 Å². The predicted molar refractivity (Wildman–Crippen MR) is 68.7 cm³/mol. The molecule has 0 amide bonds. The zero-order valence-electron chi connectivity index (χ0n) is 10.4. The van der Waals surface area contributed by atoms with Crippen LogP contribution in [0.15, 0.2) is 24.3 Å². The lowest BCUT2D eigenvalue weighted by Crippen LogP contribution is -2.09. The molecule has 0 aliphatic heterocycles. The Morgan fingerprint density at radius 1 is 1.12 bits per heavy atom. The Bertz CT molecular complexity index is 281. The fourth-order valence-corrected chi connectivity index (χ4v) is 1.62. The highest BCUT2D eigenvalue weighted by atomic mass is 16.5. The van der Waals surface area contributed by atoms with Crippen molar-refractivity contribution in [1.82, 2.24) is 0 Å². The highest BCUT2D eigenvalue weighted by molar-refractivity contribution is 5.28. The summed E-state index contributed by atoms with van der Waals surface area (Å²) >= 11 is 0. The lowest BCUT2D eigenvalue weighted by atomic mass is 10.0. The molecule has 0 fully saturated rings. The van der Waals surface area contributed by atoms with E-state index in [0.717, 1.165) is 25.2 Å². The number of hydrogen-bond donors (Lipinski definition) is 1. The Morgan fingerprint density at radius 2 is 1.81 bits per heavy atom. The number of unbranched alkanes of at least 4 members (excludes halogenated alkanes) is 1. The van der Waals surface area contributed by atoms with Crippen LogP contribution < -0.4 is 10.5 Å². The summed E-state index contributed by atoms with van der Waals surface area (Å²) in [5, 5.41) is 0. The maximum absolute atomic E-state index is 6.09. The van der Waals surface area contributed by atoms with Gasteiger partial charge in [0.05, 0.1) is 6.61 Å². The van der Waals surface area contributed by atoms with E-state index in [2.05, 4.69) is 26.0 Å². The van der Waals surface area contributed by atoms with Crippen LogP contribution in [0, 0.1) is 0 Å². The van der Waals surface area contributed by atoms with E-state index in [4.69, 9.17) is 10.5 Å². The van der Waals surface area contributed by atoms with Gasteiger partial charge in [-0.1, -0.05) is 38.8 Å². The van der Waals surface area contributed by atoms with Gasteiger partial charge in [0, 0.05) is 6.04 Å². The van der Waals surface area contributed by atoms with Gasteiger partial charge >= 0.3 is 0 Å². The Balaban J connectivity index is 2.49. The number of benzene rings is 1. The van der Waals surface area contributed by atoms with Crippen LogP contribution in [-0.2, 0) is 0 Å². The van der Waals surface area contributed by atoms with Crippen molar-refractivity contribution in [2.75, 3.05) is 6.61 Å². The summed E-state index contributed by atoms with van der Waals surface area (Å²) in [5.41, 5.74) is 7.30. The summed E-state index contributed by atoms with van der Waals surface area (Å²) in [4.78, 5) is 0. The van der Waals surface area contributed by atoms with Gasteiger partial charge in [0.25, 0.3) is 0 Å². The first kappa shape index (κ1) is 13.0. The highest BCUT2D eigenvalue weighted by Gasteiger charge is 2.04. The van der Waals surface area contributed by atoms with Gasteiger partial charge in [-0.3, -0.25) is 0 Å². The zero-order valence-corrected chi connectivity index (χ0v) is 10.4. The van der Waals surface area contributed by atoms with E-state index in [1.165, 1.54) is 18.4 Å². The van der Waals surface area contributed by atoms with Crippen molar-refractivity contribution in [2.24, 2.45) is 5.73 Å². The molecule has 1 unspecified atom stereocenters. The van der Waals surface area contributed by atoms with E-state index in [0.29, 0.717) is 0 Å². The van der Waals surface area contributed by atoms with Crippen molar-refractivity contribution in [2.45, 2.75) is 45.6 Å². The molecule has 0 aliphatic carbocycles. The summed E-state index contributed by atoms with van der Waals surface area (Å²) in [6.45, 7) is 5.07. The molecule has 2 N–H and O–H groups in total. The van der Waals surface area contributed by atoms with Crippen molar-refractivity contribution in [1.29, 1.82) is 0 Å². The first-order valence-corrected chi connectivity index (χ1v) is 6.26. The van der Waals surface area contributed by atoms with Gasteiger partial charge in [0.2, 0.25) is 0 Å². The number of nitrogens with two attached hydrogens (primary N) is 1. The third-order valence-electron chi connectivity index (χ3n) is 2.65. The van der Waals surface area contributed by atoms with Crippen molar-refractivity contribution >= 4 is 0 Å². The quantitative estimate of drug-likeness (QED) is 0.762. The van der Waals surface area contributed by atoms with Gasteiger partial charge in [0.15, 0.2) is 0 Å². The molecule has 16 heavy (non-hydrogen) atoms. The van der Waals surface area contributed by atoms with Crippen LogP contribution in [0.4, 0.5) is 0 Å².